The predicted octanol–water partition coefficient (Wildman–Crippen LogP) is 4.73. The van der Waals surface area contributed by atoms with E-state index in [0.29, 0.717) is 10.6 Å². The van der Waals surface area contributed by atoms with Gasteiger partial charge in [-0.3, -0.25) is 4.79 Å². The number of hydrogen-bond acceptors (Lipinski definition) is 7. The first-order valence-electron chi connectivity index (χ1n) is 8.63. The van der Waals surface area contributed by atoms with Gasteiger partial charge in [0.05, 0.1) is 23.8 Å². The normalized spacial score (nSPS) is 10.4. The molecule has 0 unspecified atom stereocenters. The lowest BCUT2D eigenvalue weighted by Gasteiger charge is -2.09. The van der Waals surface area contributed by atoms with E-state index in [9.17, 15) is 14.4 Å². The second-order valence-electron chi connectivity index (χ2n) is 5.61. The van der Waals surface area contributed by atoms with Gasteiger partial charge in [0.1, 0.15) is 15.6 Å². The van der Waals surface area contributed by atoms with E-state index in [0.717, 1.165) is 11.3 Å². The van der Waals surface area contributed by atoms with Crippen molar-refractivity contribution in [1.29, 1.82) is 0 Å². The van der Waals surface area contributed by atoms with Gasteiger partial charge in [0, 0.05) is 5.02 Å². The molecule has 1 N–H and O–H groups in total. The van der Waals surface area contributed by atoms with Crippen molar-refractivity contribution in [3.05, 3.63) is 44.2 Å². The molecule has 0 atom stereocenters. The van der Waals surface area contributed by atoms with Gasteiger partial charge in [0.15, 0.2) is 6.61 Å². The molecule has 2 rings (SSSR count). The van der Waals surface area contributed by atoms with Gasteiger partial charge in [-0.15, -0.1) is 11.3 Å². The Morgan fingerprint density at radius 1 is 1.07 bits per heavy atom. The highest BCUT2D eigenvalue weighted by Crippen LogP contribution is 2.34. The summed E-state index contributed by atoms with van der Waals surface area (Å²) in [6, 6.07) is 4.60. The number of carbonyl (C=O) groups is 3. The Hall–Kier alpha value is -2.29. The summed E-state index contributed by atoms with van der Waals surface area (Å²) >= 11 is 12.8. The number of rotatable bonds is 8. The average Bonchev–Trinajstić information content (AvgIpc) is 2.97. The average molecular weight is 460 g/mol. The van der Waals surface area contributed by atoms with Crippen molar-refractivity contribution < 1.29 is 28.6 Å². The van der Waals surface area contributed by atoms with Gasteiger partial charge in [-0.2, -0.15) is 0 Å². The van der Waals surface area contributed by atoms with Crippen molar-refractivity contribution in [2.24, 2.45) is 0 Å². The third kappa shape index (κ3) is 5.85. The van der Waals surface area contributed by atoms with Crippen molar-refractivity contribution in [3.63, 3.8) is 0 Å². The maximum atomic E-state index is 12.3. The summed E-state index contributed by atoms with van der Waals surface area (Å²) in [4.78, 5) is 37.0. The molecule has 7 nitrogen and oxygen atoms in total. The molecule has 156 valence electrons. The molecule has 1 heterocycles. The number of esters is 2. The monoisotopic (exact) mass is 459 g/mol. The molecule has 2 aromatic rings. The van der Waals surface area contributed by atoms with Crippen LogP contribution in [0.1, 0.15) is 39.4 Å². The maximum absolute atomic E-state index is 12.3. The molecule has 0 saturated heterocycles. The van der Waals surface area contributed by atoms with Crippen molar-refractivity contribution >= 4 is 57.4 Å². The van der Waals surface area contributed by atoms with Crippen LogP contribution >= 0.6 is 34.5 Å². The van der Waals surface area contributed by atoms with Crippen LogP contribution in [0.2, 0.25) is 10.0 Å². The smallest absolute Gasteiger partial charge is 0.348 e. The van der Waals surface area contributed by atoms with Crippen LogP contribution < -0.4 is 10.1 Å². The summed E-state index contributed by atoms with van der Waals surface area (Å²) in [5.74, 6) is -1.48. The molecule has 10 heteroatoms. The van der Waals surface area contributed by atoms with Gasteiger partial charge in [-0.05, 0) is 44.5 Å². The standard InChI is InChI=1S/C19H19Cl2NO6S/c1-4-26-18(24)15-10(3)16(19(25)27-5-2)29-17(15)22-14(23)9-28-13-7-6-11(20)8-12(13)21/h6-8H,4-5,9H2,1-3H3,(H,22,23). The fourth-order valence-electron chi connectivity index (χ4n) is 2.34. The van der Waals surface area contributed by atoms with Gasteiger partial charge >= 0.3 is 11.9 Å². The zero-order chi connectivity index (χ0) is 21.6. The summed E-state index contributed by atoms with van der Waals surface area (Å²) < 4.78 is 15.4. The Balaban J connectivity index is 2.20. The molecule has 0 fully saturated rings. The highest BCUT2D eigenvalue weighted by atomic mass is 35.5. The number of nitrogens with one attached hydrogen (secondary N) is 1. The minimum absolute atomic E-state index is 0.109. The number of thiophene rings is 1. The fraction of sp³-hybridized carbons (Fsp3) is 0.316. The van der Waals surface area contributed by atoms with Crippen molar-refractivity contribution in [1.82, 2.24) is 0 Å². The van der Waals surface area contributed by atoms with E-state index < -0.39 is 17.8 Å². The van der Waals surface area contributed by atoms with E-state index in [4.69, 9.17) is 37.4 Å². The zero-order valence-corrected chi connectivity index (χ0v) is 18.3. The third-order valence-corrected chi connectivity index (χ3v) is 5.31. The topological polar surface area (TPSA) is 90.9 Å². The number of ether oxygens (including phenoxy) is 3. The Bertz CT molecular complexity index is 928. The molecule has 0 aliphatic carbocycles. The van der Waals surface area contributed by atoms with E-state index >= 15 is 0 Å². The van der Waals surface area contributed by atoms with Crippen LogP contribution in [0.25, 0.3) is 0 Å². The zero-order valence-electron chi connectivity index (χ0n) is 16.0. The highest BCUT2D eigenvalue weighted by molar-refractivity contribution is 7.18. The summed E-state index contributed by atoms with van der Waals surface area (Å²) in [6.45, 7) is 4.89. The molecule has 29 heavy (non-hydrogen) atoms. The molecule has 1 aromatic carbocycles. The molecule has 1 amide bonds. The summed E-state index contributed by atoms with van der Waals surface area (Å²) in [5.41, 5.74) is 0.488. The van der Waals surface area contributed by atoms with Crippen molar-refractivity contribution in [2.45, 2.75) is 20.8 Å². The number of halogens is 2. The second kappa shape index (κ2) is 10.5. The van der Waals surface area contributed by atoms with E-state index in [2.05, 4.69) is 5.32 Å². The second-order valence-corrected chi connectivity index (χ2v) is 7.48. The van der Waals surface area contributed by atoms with E-state index in [1.165, 1.54) is 12.1 Å². The van der Waals surface area contributed by atoms with Crippen LogP contribution in [0.4, 0.5) is 5.00 Å². The lowest BCUT2D eigenvalue weighted by atomic mass is 10.1. The van der Waals surface area contributed by atoms with E-state index in [1.807, 2.05) is 0 Å². The predicted molar refractivity (Wildman–Crippen MR) is 112 cm³/mol. The fourth-order valence-corrected chi connectivity index (χ4v) is 3.91. The van der Waals surface area contributed by atoms with E-state index in [1.54, 1.807) is 26.8 Å². The first-order chi connectivity index (χ1) is 13.8. The van der Waals surface area contributed by atoms with Crippen LogP contribution in [0.3, 0.4) is 0 Å². The van der Waals surface area contributed by atoms with Crippen LogP contribution in [-0.4, -0.2) is 37.7 Å². The van der Waals surface area contributed by atoms with Crippen molar-refractivity contribution in [3.8, 4) is 5.75 Å². The molecule has 0 radical (unpaired) electrons. The minimum Gasteiger partial charge on any atom is -0.482 e. The van der Waals surface area contributed by atoms with Crippen LogP contribution in [0.5, 0.6) is 5.75 Å². The molecular formula is C19H19Cl2NO6S. The Morgan fingerprint density at radius 2 is 1.72 bits per heavy atom. The van der Waals surface area contributed by atoms with Gasteiger partial charge in [0.2, 0.25) is 0 Å². The molecule has 0 aliphatic rings. The molecule has 0 aliphatic heterocycles. The Labute approximate surface area is 181 Å². The number of anilines is 1. The SMILES string of the molecule is CCOC(=O)c1sc(NC(=O)COc2ccc(Cl)cc2Cl)c(C(=O)OCC)c1C. The third-order valence-electron chi connectivity index (χ3n) is 3.59. The van der Waals surface area contributed by atoms with Crippen LogP contribution in [0, 0.1) is 6.92 Å². The first-order valence-corrected chi connectivity index (χ1v) is 10.2. The summed E-state index contributed by atoms with van der Waals surface area (Å²) in [5, 5.41) is 3.46. The first kappa shape index (κ1) is 23.0. The van der Waals surface area contributed by atoms with Crippen molar-refractivity contribution in [2.75, 3.05) is 25.1 Å². The quantitative estimate of drug-likeness (QED) is 0.573. The summed E-state index contributed by atoms with van der Waals surface area (Å²) in [7, 11) is 0. The summed E-state index contributed by atoms with van der Waals surface area (Å²) in [6.07, 6.45) is 0. The Kier molecular flexibility index (Phi) is 8.31. The largest absolute Gasteiger partial charge is 0.482 e. The maximum Gasteiger partial charge on any atom is 0.348 e. The molecule has 0 bridgehead atoms. The van der Waals surface area contributed by atoms with Crippen LogP contribution in [-0.2, 0) is 14.3 Å². The van der Waals surface area contributed by atoms with Crippen LogP contribution in [0.15, 0.2) is 18.2 Å². The molecule has 1 aromatic heterocycles. The minimum atomic E-state index is -0.645. The van der Waals surface area contributed by atoms with Gasteiger partial charge < -0.3 is 19.5 Å². The number of amides is 1. The van der Waals surface area contributed by atoms with Gasteiger partial charge in [0.25, 0.3) is 5.91 Å². The molecular weight excluding hydrogens is 441 g/mol. The lowest BCUT2D eigenvalue weighted by molar-refractivity contribution is -0.118. The number of hydrogen-bond donors (Lipinski definition) is 1. The van der Waals surface area contributed by atoms with Gasteiger partial charge in [-0.25, -0.2) is 9.59 Å². The highest BCUT2D eigenvalue weighted by Gasteiger charge is 2.27. The van der Waals surface area contributed by atoms with E-state index in [-0.39, 0.29) is 46.0 Å². The number of carbonyl (C=O) groups excluding carboxylic acids is 3. The van der Waals surface area contributed by atoms with Gasteiger partial charge in [-0.1, -0.05) is 23.2 Å². The number of benzene rings is 1. The molecule has 0 spiro atoms. The lowest BCUT2D eigenvalue weighted by Crippen LogP contribution is -2.21. The molecule has 0 saturated carbocycles. The Morgan fingerprint density at radius 3 is 2.34 bits per heavy atom.